The van der Waals surface area contributed by atoms with Crippen molar-refractivity contribution in [1.29, 1.82) is 0 Å². The van der Waals surface area contributed by atoms with Gasteiger partial charge in [0.15, 0.2) is 0 Å². The van der Waals surface area contributed by atoms with Gasteiger partial charge in [0.25, 0.3) is 0 Å². The highest BCUT2D eigenvalue weighted by Crippen LogP contribution is 2.33. The van der Waals surface area contributed by atoms with Crippen molar-refractivity contribution in [2.24, 2.45) is 5.92 Å². The van der Waals surface area contributed by atoms with Crippen molar-refractivity contribution in [3.8, 4) is 0 Å². The first-order chi connectivity index (χ1) is 10.6. The van der Waals surface area contributed by atoms with E-state index in [0.29, 0.717) is 30.5 Å². The van der Waals surface area contributed by atoms with Crippen molar-refractivity contribution < 1.29 is 13.6 Å². The molecule has 0 spiro atoms. The molecule has 3 nitrogen and oxygen atoms in total. The van der Waals surface area contributed by atoms with E-state index in [1.54, 1.807) is 0 Å². The fraction of sp³-hybridized carbons (Fsp3) is 0.588. The fourth-order valence-corrected chi connectivity index (χ4v) is 3.73. The Morgan fingerprint density at radius 2 is 1.87 bits per heavy atom. The summed E-state index contributed by atoms with van der Waals surface area (Å²) in [5.74, 6) is -0.529. The van der Waals surface area contributed by atoms with E-state index in [0.717, 1.165) is 18.9 Å². The number of amides is 1. The third kappa shape index (κ3) is 4.64. The van der Waals surface area contributed by atoms with Crippen LogP contribution in [0.3, 0.4) is 0 Å². The van der Waals surface area contributed by atoms with E-state index >= 15 is 0 Å². The van der Waals surface area contributed by atoms with Crippen LogP contribution in [0.2, 0.25) is 0 Å². The van der Waals surface area contributed by atoms with Crippen LogP contribution in [0.15, 0.2) is 18.2 Å². The van der Waals surface area contributed by atoms with Gasteiger partial charge >= 0.3 is 0 Å². The molecular formula is C17H23ClF2N2O. The van der Waals surface area contributed by atoms with Crippen molar-refractivity contribution in [1.82, 2.24) is 10.6 Å². The maximum Gasteiger partial charge on any atom is 0.237 e. The van der Waals surface area contributed by atoms with E-state index in [1.165, 1.54) is 31.4 Å². The molecule has 2 N–H and O–H groups in total. The Kier molecular flexibility index (Phi) is 6.36. The van der Waals surface area contributed by atoms with Crippen LogP contribution in [0.25, 0.3) is 0 Å². The maximum atomic E-state index is 13.1. The van der Waals surface area contributed by atoms with Crippen molar-refractivity contribution in [3.63, 3.8) is 0 Å². The number of hydrogen-bond donors (Lipinski definition) is 2. The van der Waals surface area contributed by atoms with Gasteiger partial charge in [0.05, 0.1) is 6.04 Å². The molecule has 1 saturated heterocycles. The van der Waals surface area contributed by atoms with Crippen LogP contribution in [0.5, 0.6) is 0 Å². The summed E-state index contributed by atoms with van der Waals surface area (Å²) in [5, 5.41) is 6.30. The molecule has 23 heavy (non-hydrogen) atoms. The van der Waals surface area contributed by atoms with E-state index < -0.39 is 11.6 Å². The van der Waals surface area contributed by atoms with Gasteiger partial charge in [-0.15, -0.1) is 12.4 Å². The van der Waals surface area contributed by atoms with E-state index in [2.05, 4.69) is 10.6 Å². The van der Waals surface area contributed by atoms with Gasteiger partial charge in [-0.25, -0.2) is 8.78 Å². The summed E-state index contributed by atoms with van der Waals surface area (Å²) in [7, 11) is 0. The van der Waals surface area contributed by atoms with E-state index in [-0.39, 0.29) is 24.4 Å². The highest BCUT2D eigenvalue weighted by atomic mass is 35.5. The number of hydrogen-bond acceptors (Lipinski definition) is 2. The number of fused-ring (bicyclic) bond motifs is 1. The molecule has 1 saturated carbocycles. The fourth-order valence-electron chi connectivity index (χ4n) is 3.73. The summed E-state index contributed by atoms with van der Waals surface area (Å²) in [6.45, 7) is 0.398. The lowest BCUT2D eigenvalue weighted by Gasteiger charge is -2.24. The number of carbonyl (C=O) groups excluding carboxylic acids is 1. The largest absolute Gasteiger partial charge is 0.354 e. The molecule has 6 heteroatoms. The van der Waals surface area contributed by atoms with Gasteiger partial charge in [0.2, 0.25) is 5.91 Å². The summed E-state index contributed by atoms with van der Waals surface area (Å²) in [6, 6.07) is 3.83. The highest BCUT2D eigenvalue weighted by Gasteiger charge is 2.37. The van der Waals surface area contributed by atoms with Crippen molar-refractivity contribution in [2.45, 2.75) is 50.6 Å². The second-order valence-electron chi connectivity index (χ2n) is 6.42. The van der Waals surface area contributed by atoms with Gasteiger partial charge in [-0.2, -0.15) is 0 Å². The first-order valence-electron chi connectivity index (χ1n) is 8.10. The molecule has 0 bridgehead atoms. The molecule has 3 unspecified atom stereocenters. The lowest BCUT2D eigenvalue weighted by Crippen LogP contribution is -2.43. The zero-order valence-electron chi connectivity index (χ0n) is 13.0. The number of halogens is 3. The quantitative estimate of drug-likeness (QED) is 0.881. The van der Waals surface area contributed by atoms with Crippen LogP contribution in [0.1, 0.15) is 37.7 Å². The number of benzene rings is 1. The summed E-state index contributed by atoms with van der Waals surface area (Å²) in [6.07, 6.45) is 6.22. The standard InChI is InChI=1S/C17H22F2N2O.ClH/c18-13-7-11(8-14(19)10-13)5-6-20-17(22)16-9-12-3-1-2-4-15(12)21-16;/h7-8,10,12,15-16,21H,1-6,9H2,(H,20,22);1H. The molecule has 1 aromatic rings. The summed E-state index contributed by atoms with van der Waals surface area (Å²) >= 11 is 0. The highest BCUT2D eigenvalue weighted by molar-refractivity contribution is 5.85. The Bertz CT molecular complexity index is 521. The van der Waals surface area contributed by atoms with Crippen molar-refractivity contribution in [2.75, 3.05) is 6.54 Å². The molecule has 1 aromatic carbocycles. The number of carbonyl (C=O) groups is 1. The SMILES string of the molecule is Cl.O=C(NCCc1cc(F)cc(F)c1)C1CC2CCCCC2N1. The molecule has 1 aliphatic carbocycles. The third-order valence-corrected chi connectivity index (χ3v) is 4.81. The van der Waals surface area contributed by atoms with Gasteiger partial charge in [-0.1, -0.05) is 12.8 Å². The molecule has 0 aromatic heterocycles. The lowest BCUT2D eigenvalue weighted by molar-refractivity contribution is -0.122. The molecule has 1 heterocycles. The Hall–Kier alpha value is -1.20. The smallest absolute Gasteiger partial charge is 0.237 e. The third-order valence-electron chi connectivity index (χ3n) is 4.81. The van der Waals surface area contributed by atoms with Crippen LogP contribution in [0.4, 0.5) is 8.78 Å². The van der Waals surface area contributed by atoms with Crippen LogP contribution in [-0.2, 0) is 11.2 Å². The second kappa shape index (κ2) is 8.06. The monoisotopic (exact) mass is 344 g/mol. The Morgan fingerprint density at radius 3 is 2.57 bits per heavy atom. The minimum absolute atomic E-state index is 0. The average molecular weight is 345 g/mol. The Balaban J connectivity index is 0.00000192. The second-order valence-corrected chi connectivity index (χ2v) is 6.42. The molecule has 1 amide bonds. The number of nitrogens with one attached hydrogen (secondary N) is 2. The molecule has 3 rings (SSSR count). The predicted octanol–water partition coefficient (Wildman–Crippen LogP) is 2.97. The predicted molar refractivity (Wildman–Crippen MR) is 87.6 cm³/mol. The molecule has 2 aliphatic rings. The van der Waals surface area contributed by atoms with E-state index in [4.69, 9.17) is 0 Å². The average Bonchev–Trinajstić information content (AvgIpc) is 2.90. The first-order valence-corrected chi connectivity index (χ1v) is 8.10. The van der Waals surface area contributed by atoms with E-state index in [1.807, 2.05) is 0 Å². The zero-order chi connectivity index (χ0) is 15.5. The minimum Gasteiger partial charge on any atom is -0.354 e. The maximum absolute atomic E-state index is 13.1. The summed E-state index contributed by atoms with van der Waals surface area (Å²) < 4.78 is 26.2. The molecule has 128 valence electrons. The van der Waals surface area contributed by atoms with Gasteiger partial charge in [-0.05, 0) is 49.3 Å². The van der Waals surface area contributed by atoms with Gasteiger partial charge in [0, 0.05) is 18.7 Å². The lowest BCUT2D eigenvalue weighted by atomic mass is 9.85. The zero-order valence-corrected chi connectivity index (χ0v) is 13.8. The Labute approximate surface area is 141 Å². The van der Waals surface area contributed by atoms with E-state index in [9.17, 15) is 13.6 Å². The van der Waals surface area contributed by atoms with Crippen molar-refractivity contribution in [3.05, 3.63) is 35.4 Å². The Morgan fingerprint density at radius 1 is 1.17 bits per heavy atom. The molecule has 2 fully saturated rings. The number of rotatable bonds is 4. The van der Waals surface area contributed by atoms with Crippen LogP contribution >= 0.6 is 12.4 Å². The molecular weight excluding hydrogens is 322 g/mol. The summed E-state index contributed by atoms with van der Waals surface area (Å²) in [4.78, 5) is 12.2. The van der Waals surface area contributed by atoms with Crippen LogP contribution in [0, 0.1) is 17.6 Å². The van der Waals surface area contributed by atoms with Gasteiger partial charge in [0.1, 0.15) is 11.6 Å². The summed E-state index contributed by atoms with van der Waals surface area (Å²) in [5.41, 5.74) is 0.561. The molecule has 3 atom stereocenters. The molecule has 1 aliphatic heterocycles. The van der Waals surface area contributed by atoms with Crippen molar-refractivity contribution >= 4 is 18.3 Å². The molecule has 0 radical (unpaired) electrons. The topological polar surface area (TPSA) is 41.1 Å². The minimum atomic E-state index is -0.581. The van der Waals surface area contributed by atoms with Gasteiger partial charge < -0.3 is 10.6 Å². The first kappa shape index (κ1) is 18.1. The van der Waals surface area contributed by atoms with Crippen LogP contribution in [-0.4, -0.2) is 24.5 Å². The van der Waals surface area contributed by atoms with Gasteiger partial charge in [-0.3, -0.25) is 4.79 Å². The normalized spacial score (nSPS) is 26.3. The van der Waals surface area contributed by atoms with Crippen LogP contribution < -0.4 is 10.6 Å².